The Hall–Kier alpha value is -4.86. The van der Waals surface area contributed by atoms with Gasteiger partial charge in [-0.3, -0.25) is 19.9 Å². The lowest BCUT2D eigenvalue weighted by molar-refractivity contribution is -0.125. The van der Waals surface area contributed by atoms with Crippen LogP contribution in [0.25, 0.3) is 22.2 Å². The lowest BCUT2D eigenvalue weighted by Gasteiger charge is -2.29. The van der Waals surface area contributed by atoms with Gasteiger partial charge in [0.05, 0.1) is 19.3 Å². The number of hydrogen-bond acceptors (Lipinski definition) is 7. The third kappa shape index (κ3) is 3.26. The molecule has 0 bridgehead atoms. The number of imide groups is 1. The summed E-state index contributed by atoms with van der Waals surface area (Å²) >= 11 is 0. The fraction of sp³-hybridized carbons (Fsp3) is 0.154. The molecule has 6 rings (SSSR count). The van der Waals surface area contributed by atoms with Crippen molar-refractivity contribution in [1.82, 2.24) is 20.5 Å². The minimum absolute atomic E-state index is 0.124. The van der Waals surface area contributed by atoms with Crippen LogP contribution in [-0.4, -0.2) is 41.4 Å². The number of carbonyl (C=O) groups excluding carboxylic acids is 3. The molecule has 0 radical (unpaired) electrons. The highest BCUT2D eigenvalue weighted by molar-refractivity contribution is 6.08. The quantitative estimate of drug-likeness (QED) is 0.293. The Morgan fingerprint density at radius 1 is 1.14 bits per heavy atom. The summed E-state index contributed by atoms with van der Waals surface area (Å²) in [4.78, 5) is 44.8. The number of nitrogens with one attached hydrogen (secondary N) is 2. The normalized spacial score (nSPS) is 18.9. The Bertz CT molecular complexity index is 1580. The van der Waals surface area contributed by atoms with Gasteiger partial charge in [-0.25, -0.2) is 4.79 Å². The van der Waals surface area contributed by atoms with Crippen LogP contribution >= 0.6 is 0 Å². The van der Waals surface area contributed by atoms with Crippen molar-refractivity contribution in [3.05, 3.63) is 77.7 Å². The molecule has 2 aliphatic heterocycles. The predicted octanol–water partition coefficient (Wildman–Crippen LogP) is 2.78. The molecule has 0 unspecified atom stereocenters. The summed E-state index contributed by atoms with van der Waals surface area (Å²) in [5.74, 6) is -0.119. The molecule has 4 amide bonds. The number of rotatable bonds is 5. The van der Waals surface area contributed by atoms with Gasteiger partial charge >= 0.3 is 6.03 Å². The highest BCUT2D eigenvalue weighted by Gasteiger charge is 2.53. The van der Waals surface area contributed by atoms with Crippen LogP contribution in [0.2, 0.25) is 0 Å². The summed E-state index contributed by atoms with van der Waals surface area (Å²) in [5.41, 5.74) is 8.09. The first-order valence-electron chi connectivity index (χ1n) is 11.2. The number of aromatic nitrogens is 1. The molecule has 180 valence electrons. The molecule has 4 heterocycles. The van der Waals surface area contributed by atoms with E-state index in [2.05, 4.69) is 15.6 Å². The smallest absolute Gasteiger partial charge is 0.322 e. The molecule has 0 saturated carbocycles. The highest BCUT2D eigenvalue weighted by atomic mass is 16.5. The van der Waals surface area contributed by atoms with Crippen LogP contribution in [0.3, 0.4) is 0 Å². The standard InChI is InChI=1S/C26H21N5O5/c1-35-17-6-5-15-12-31(23(32)18(15)10-17)13-26(24(33)29-25(34)30-26)21-11-19-20(36-21)7-8-28-22(19)14-3-2-4-16(27)9-14/h2-11H,12-13,27H2,1H3,(H2,29,30,33,34)/t26-/m0/s1. The summed E-state index contributed by atoms with van der Waals surface area (Å²) in [5, 5.41) is 5.65. The monoisotopic (exact) mass is 483 g/mol. The number of furan rings is 1. The number of urea groups is 1. The molecular formula is C26H21N5O5. The Kier molecular flexibility index (Phi) is 4.72. The molecule has 4 aromatic rings. The minimum Gasteiger partial charge on any atom is -0.497 e. The third-order valence-corrected chi connectivity index (χ3v) is 6.59. The van der Waals surface area contributed by atoms with E-state index in [4.69, 9.17) is 14.9 Å². The van der Waals surface area contributed by atoms with Gasteiger partial charge in [0.25, 0.3) is 11.8 Å². The number of carbonyl (C=O) groups is 3. The number of amides is 4. The second kappa shape index (κ2) is 7.84. The Morgan fingerprint density at radius 2 is 2.00 bits per heavy atom. The maximum Gasteiger partial charge on any atom is 0.322 e. The lowest BCUT2D eigenvalue weighted by Crippen LogP contribution is -2.52. The van der Waals surface area contributed by atoms with Crippen LogP contribution in [-0.2, 0) is 16.9 Å². The van der Waals surface area contributed by atoms with Crippen LogP contribution in [0.15, 0.2) is 65.2 Å². The van der Waals surface area contributed by atoms with Gasteiger partial charge in [-0.15, -0.1) is 0 Å². The summed E-state index contributed by atoms with van der Waals surface area (Å²) in [6.45, 7) is 0.153. The van der Waals surface area contributed by atoms with E-state index >= 15 is 0 Å². The summed E-state index contributed by atoms with van der Waals surface area (Å²) in [6, 6.07) is 15.2. The van der Waals surface area contributed by atoms with Crippen LogP contribution in [0.4, 0.5) is 10.5 Å². The van der Waals surface area contributed by atoms with E-state index in [1.165, 1.54) is 12.0 Å². The number of nitrogen functional groups attached to an aromatic ring is 1. The van der Waals surface area contributed by atoms with E-state index in [1.54, 1.807) is 42.6 Å². The zero-order valence-electron chi connectivity index (χ0n) is 19.2. The molecule has 10 nitrogen and oxygen atoms in total. The first kappa shape index (κ1) is 21.7. The first-order valence-corrected chi connectivity index (χ1v) is 11.2. The molecule has 36 heavy (non-hydrogen) atoms. The second-order valence-corrected chi connectivity index (χ2v) is 8.81. The van der Waals surface area contributed by atoms with Crippen molar-refractivity contribution in [3.63, 3.8) is 0 Å². The maximum atomic E-state index is 13.2. The second-order valence-electron chi connectivity index (χ2n) is 8.81. The average molecular weight is 483 g/mol. The Morgan fingerprint density at radius 3 is 2.75 bits per heavy atom. The zero-order valence-corrected chi connectivity index (χ0v) is 19.2. The number of hydrogen-bond donors (Lipinski definition) is 3. The van der Waals surface area contributed by atoms with Gasteiger partial charge in [0.15, 0.2) is 5.54 Å². The van der Waals surface area contributed by atoms with Crippen molar-refractivity contribution >= 4 is 34.5 Å². The molecule has 2 aliphatic rings. The van der Waals surface area contributed by atoms with E-state index in [1.807, 2.05) is 18.2 Å². The highest BCUT2D eigenvalue weighted by Crippen LogP contribution is 2.37. The summed E-state index contributed by atoms with van der Waals surface area (Å²) < 4.78 is 11.4. The zero-order chi connectivity index (χ0) is 25.0. The molecule has 0 spiro atoms. The fourth-order valence-electron chi connectivity index (χ4n) is 4.82. The largest absolute Gasteiger partial charge is 0.497 e. The summed E-state index contributed by atoms with van der Waals surface area (Å²) in [6.07, 6.45) is 1.60. The van der Waals surface area contributed by atoms with E-state index in [0.29, 0.717) is 33.7 Å². The first-order chi connectivity index (χ1) is 17.4. The number of benzene rings is 2. The number of fused-ring (bicyclic) bond motifs is 2. The molecular weight excluding hydrogens is 462 g/mol. The van der Waals surface area contributed by atoms with Crippen LogP contribution in [0, 0.1) is 0 Å². The van der Waals surface area contributed by atoms with Crippen LogP contribution < -0.4 is 21.1 Å². The number of nitrogens with two attached hydrogens (primary N) is 1. The minimum atomic E-state index is -1.62. The topological polar surface area (TPSA) is 140 Å². The maximum absolute atomic E-state index is 13.2. The van der Waals surface area contributed by atoms with Crippen molar-refractivity contribution in [1.29, 1.82) is 0 Å². The number of methoxy groups -OCH3 is 1. The molecule has 10 heteroatoms. The molecule has 4 N–H and O–H groups in total. The Labute approximate surface area is 205 Å². The van der Waals surface area contributed by atoms with Gasteiger partial charge in [-0.1, -0.05) is 18.2 Å². The average Bonchev–Trinajstić information content (AvgIpc) is 3.53. The van der Waals surface area contributed by atoms with E-state index in [9.17, 15) is 14.4 Å². The van der Waals surface area contributed by atoms with Crippen LogP contribution in [0.5, 0.6) is 5.75 Å². The SMILES string of the molecule is COc1ccc2c(c1)C(=O)N(C[C@@]1(c3cc4c(-c5cccc(N)c5)nccc4o3)NC(=O)NC1=O)C2. The summed E-state index contributed by atoms with van der Waals surface area (Å²) in [7, 11) is 1.53. The van der Waals surface area contributed by atoms with Gasteiger partial charge < -0.3 is 25.1 Å². The fourth-order valence-corrected chi connectivity index (χ4v) is 4.82. The lowest BCUT2D eigenvalue weighted by atomic mass is 9.94. The third-order valence-electron chi connectivity index (χ3n) is 6.59. The molecule has 0 aliphatic carbocycles. The van der Waals surface area contributed by atoms with Crippen molar-refractivity contribution < 1.29 is 23.5 Å². The van der Waals surface area contributed by atoms with E-state index < -0.39 is 17.5 Å². The molecule has 2 aromatic carbocycles. The van der Waals surface area contributed by atoms with Gasteiger partial charge in [0.1, 0.15) is 17.1 Å². The number of anilines is 1. The van der Waals surface area contributed by atoms with Gasteiger partial charge in [0, 0.05) is 34.9 Å². The molecule has 1 atom stereocenters. The van der Waals surface area contributed by atoms with Crippen molar-refractivity contribution in [2.45, 2.75) is 12.1 Å². The number of ether oxygens (including phenoxy) is 1. The molecule has 1 fully saturated rings. The van der Waals surface area contributed by atoms with E-state index in [0.717, 1.165) is 11.1 Å². The van der Waals surface area contributed by atoms with Gasteiger partial charge in [-0.05, 0) is 42.0 Å². The van der Waals surface area contributed by atoms with Gasteiger partial charge in [-0.2, -0.15) is 0 Å². The van der Waals surface area contributed by atoms with Crippen molar-refractivity contribution in [2.24, 2.45) is 0 Å². The molecule has 2 aromatic heterocycles. The number of pyridine rings is 1. The van der Waals surface area contributed by atoms with Crippen molar-refractivity contribution in [3.8, 4) is 17.0 Å². The number of nitrogens with zero attached hydrogens (tertiary/aromatic N) is 2. The van der Waals surface area contributed by atoms with Crippen LogP contribution in [0.1, 0.15) is 21.7 Å². The Balaban J connectivity index is 1.43. The van der Waals surface area contributed by atoms with Gasteiger partial charge in [0.2, 0.25) is 0 Å². The predicted molar refractivity (Wildman–Crippen MR) is 130 cm³/mol. The van der Waals surface area contributed by atoms with E-state index in [-0.39, 0.29) is 24.8 Å². The molecule has 1 saturated heterocycles. The van der Waals surface area contributed by atoms with Crippen molar-refractivity contribution in [2.75, 3.05) is 19.4 Å².